The first kappa shape index (κ1) is 17.2. The van der Waals surface area contributed by atoms with Gasteiger partial charge in [0.05, 0.1) is 22.8 Å². The SMILES string of the molecule is Cc1ccc(C(=O)OCC(=O)N[C@@H](C)c2ccco2)cc1[N+](=O)[O-]. The van der Waals surface area contributed by atoms with Crippen LogP contribution in [0.25, 0.3) is 0 Å². The Morgan fingerprint density at radius 3 is 2.75 bits per heavy atom. The van der Waals surface area contributed by atoms with Crippen molar-refractivity contribution in [1.29, 1.82) is 0 Å². The van der Waals surface area contributed by atoms with Crippen molar-refractivity contribution in [3.8, 4) is 0 Å². The number of nitro groups is 1. The molecule has 126 valence electrons. The number of esters is 1. The highest BCUT2D eigenvalue weighted by atomic mass is 16.6. The van der Waals surface area contributed by atoms with Crippen LogP contribution in [0.4, 0.5) is 5.69 Å². The van der Waals surface area contributed by atoms with Crippen LogP contribution in [0.5, 0.6) is 0 Å². The van der Waals surface area contributed by atoms with E-state index in [1.807, 2.05) is 0 Å². The van der Waals surface area contributed by atoms with Crippen LogP contribution in [0.3, 0.4) is 0 Å². The highest BCUT2D eigenvalue weighted by molar-refractivity contribution is 5.92. The summed E-state index contributed by atoms with van der Waals surface area (Å²) in [6.07, 6.45) is 1.49. The van der Waals surface area contributed by atoms with Crippen LogP contribution in [0.1, 0.15) is 34.6 Å². The Hall–Kier alpha value is -3.16. The quantitative estimate of drug-likeness (QED) is 0.494. The summed E-state index contributed by atoms with van der Waals surface area (Å²) in [7, 11) is 0. The van der Waals surface area contributed by atoms with Crippen molar-refractivity contribution >= 4 is 17.6 Å². The second-order valence-electron chi connectivity index (χ2n) is 5.14. The molecule has 0 spiro atoms. The average Bonchev–Trinajstić information content (AvgIpc) is 3.07. The molecule has 0 unspecified atom stereocenters. The van der Waals surface area contributed by atoms with Crippen molar-refractivity contribution in [3.05, 3.63) is 63.6 Å². The first-order valence-electron chi connectivity index (χ1n) is 7.13. The molecule has 0 fully saturated rings. The number of rotatable bonds is 6. The fourth-order valence-electron chi connectivity index (χ4n) is 2.04. The third kappa shape index (κ3) is 4.19. The first-order chi connectivity index (χ1) is 11.4. The second kappa shape index (κ2) is 7.40. The lowest BCUT2D eigenvalue weighted by molar-refractivity contribution is -0.385. The normalized spacial score (nSPS) is 11.6. The zero-order valence-electron chi connectivity index (χ0n) is 13.1. The van der Waals surface area contributed by atoms with E-state index < -0.39 is 23.4 Å². The summed E-state index contributed by atoms with van der Waals surface area (Å²) in [5.74, 6) is -0.739. The number of amides is 1. The van der Waals surface area contributed by atoms with Gasteiger partial charge in [0.2, 0.25) is 0 Å². The van der Waals surface area contributed by atoms with E-state index in [4.69, 9.17) is 9.15 Å². The van der Waals surface area contributed by atoms with Crippen LogP contribution in [-0.4, -0.2) is 23.4 Å². The summed E-state index contributed by atoms with van der Waals surface area (Å²) in [6.45, 7) is 2.80. The van der Waals surface area contributed by atoms with E-state index in [-0.39, 0.29) is 17.3 Å². The molecule has 1 atom stereocenters. The molecule has 1 heterocycles. The molecule has 0 radical (unpaired) electrons. The van der Waals surface area contributed by atoms with Gasteiger partial charge in [0, 0.05) is 11.6 Å². The van der Waals surface area contributed by atoms with E-state index in [0.29, 0.717) is 11.3 Å². The molecule has 24 heavy (non-hydrogen) atoms. The molecule has 0 saturated carbocycles. The Kier molecular flexibility index (Phi) is 5.31. The Balaban J connectivity index is 1.92. The van der Waals surface area contributed by atoms with Gasteiger partial charge in [0.25, 0.3) is 11.6 Å². The molecule has 2 rings (SSSR count). The molecule has 8 heteroatoms. The monoisotopic (exact) mass is 332 g/mol. The van der Waals surface area contributed by atoms with Gasteiger partial charge in [-0.2, -0.15) is 0 Å². The maximum Gasteiger partial charge on any atom is 0.338 e. The van der Waals surface area contributed by atoms with Gasteiger partial charge >= 0.3 is 5.97 Å². The molecular weight excluding hydrogens is 316 g/mol. The molecule has 1 amide bonds. The topological polar surface area (TPSA) is 112 Å². The lowest BCUT2D eigenvalue weighted by Crippen LogP contribution is -2.31. The molecule has 0 aliphatic carbocycles. The van der Waals surface area contributed by atoms with Crippen molar-refractivity contribution in [3.63, 3.8) is 0 Å². The van der Waals surface area contributed by atoms with Crippen LogP contribution in [-0.2, 0) is 9.53 Å². The van der Waals surface area contributed by atoms with E-state index in [2.05, 4.69) is 5.32 Å². The summed E-state index contributed by atoms with van der Waals surface area (Å²) in [5, 5.41) is 13.5. The standard InChI is InChI=1S/C16H16N2O6/c1-10-5-6-12(8-13(10)18(21)22)16(20)24-9-15(19)17-11(2)14-4-3-7-23-14/h3-8,11H,9H2,1-2H3,(H,17,19)/t11-/m0/s1. The van der Waals surface area contributed by atoms with Crippen LogP contribution in [0, 0.1) is 17.0 Å². The number of nitrogens with one attached hydrogen (secondary N) is 1. The van der Waals surface area contributed by atoms with Crippen LogP contribution in [0.2, 0.25) is 0 Å². The van der Waals surface area contributed by atoms with Gasteiger partial charge in [-0.3, -0.25) is 14.9 Å². The Morgan fingerprint density at radius 1 is 1.38 bits per heavy atom. The van der Waals surface area contributed by atoms with E-state index in [0.717, 1.165) is 6.07 Å². The predicted molar refractivity (Wildman–Crippen MR) is 83.4 cm³/mol. The molecule has 8 nitrogen and oxygen atoms in total. The van der Waals surface area contributed by atoms with Crippen LogP contribution >= 0.6 is 0 Å². The fourth-order valence-corrected chi connectivity index (χ4v) is 2.04. The van der Waals surface area contributed by atoms with E-state index >= 15 is 0 Å². The number of hydrogen-bond donors (Lipinski definition) is 1. The van der Waals surface area contributed by atoms with Crippen molar-refractivity contribution in [2.45, 2.75) is 19.9 Å². The van der Waals surface area contributed by atoms with Gasteiger partial charge in [-0.25, -0.2) is 4.79 Å². The zero-order valence-corrected chi connectivity index (χ0v) is 13.1. The average molecular weight is 332 g/mol. The molecule has 1 N–H and O–H groups in total. The Bertz CT molecular complexity index is 754. The molecule has 0 bridgehead atoms. The number of nitrogens with zero attached hydrogens (tertiary/aromatic N) is 1. The smallest absolute Gasteiger partial charge is 0.338 e. The predicted octanol–water partition coefficient (Wildman–Crippen LogP) is 2.53. The minimum absolute atomic E-state index is 0.0131. The third-order valence-corrected chi connectivity index (χ3v) is 3.32. The van der Waals surface area contributed by atoms with Gasteiger partial charge in [-0.1, -0.05) is 6.07 Å². The number of carbonyl (C=O) groups is 2. The number of benzene rings is 1. The van der Waals surface area contributed by atoms with E-state index in [9.17, 15) is 19.7 Å². The lowest BCUT2D eigenvalue weighted by atomic mass is 10.1. The Labute approximate surface area is 137 Å². The fraction of sp³-hybridized carbons (Fsp3) is 0.250. The van der Waals surface area contributed by atoms with Crippen LogP contribution in [0.15, 0.2) is 41.0 Å². The van der Waals surface area contributed by atoms with E-state index in [1.54, 1.807) is 26.0 Å². The first-order valence-corrected chi connectivity index (χ1v) is 7.13. The van der Waals surface area contributed by atoms with Gasteiger partial charge in [0.15, 0.2) is 6.61 Å². The number of hydrogen-bond acceptors (Lipinski definition) is 6. The molecular formula is C16H16N2O6. The molecule has 1 aromatic carbocycles. The minimum atomic E-state index is -0.807. The summed E-state index contributed by atoms with van der Waals surface area (Å²) in [6, 6.07) is 7.03. The second-order valence-corrected chi connectivity index (χ2v) is 5.14. The van der Waals surface area contributed by atoms with Gasteiger partial charge in [0.1, 0.15) is 5.76 Å². The summed E-state index contributed by atoms with van der Waals surface area (Å²) >= 11 is 0. The summed E-state index contributed by atoms with van der Waals surface area (Å²) < 4.78 is 10.0. The van der Waals surface area contributed by atoms with Crippen molar-refractivity contribution < 1.29 is 23.7 Å². The number of carbonyl (C=O) groups excluding carboxylic acids is 2. The summed E-state index contributed by atoms with van der Waals surface area (Å²) in [5.41, 5.74) is 0.265. The van der Waals surface area contributed by atoms with E-state index in [1.165, 1.54) is 18.4 Å². The number of nitro benzene ring substituents is 1. The minimum Gasteiger partial charge on any atom is -0.467 e. The van der Waals surface area contributed by atoms with Gasteiger partial charge in [-0.05, 0) is 32.0 Å². The maximum atomic E-state index is 11.9. The van der Waals surface area contributed by atoms with Gasteiger partial charge in [-0.15, -0.1) is 0 Å². The molecule has 2 aromatic rings. The molecule has 0 aliphatic heterocycles. The molecule has 0 saturated heterocycles. The number of aryl methyl sites for hydroxylation is 1. The van der Waals surface area contributed by atoms with Crippen molar-refractivity contribution in [2.24, 2.45) is 0 Å². The summed E-state index contributed by atoms with van der Waals surface area (Å²) in [4.78, 5) is 34.0. The Morgan fingerprint density at radius 2 is 2.12 bits per heavy atom. The highest BCUT2D eigenvalue weighted by Gasteiger charge is 2.18. The zero-order chi connectivity index (χ0) is 17.7. The third-order valence-electron chi connectivity index (χ3n) is 3.32. The van der Waals surface area contributed by atoms with Crippen molar-refractivity contribution in [1.82, 2.24) is 5.32 Å². The van der Waals surface area contributed by atoms with Gasteiger partial charge < -0.3 is 14.5 Å². The maximum absolute atomic E-state index is 11.9. The lowest BCUT2D eigenvalue weighted by Gasteiger charge is -2.11. The van der Waals surface area contributed by atoms with Crippen LogP contribution < -0.4 is 5.32 Å². The number of furan rings is 1. The number of ether oxygens (including phenoxy) is 1. The molecule has 1 aromatic heterocycles. The largest absolute Gasteiger partial charge is 0.467 e. The van der Waals surface area contributed by atoms with Crippen molar-refractivity contribution in [2.75, 3.05) is 6.61 Å². The molecule has 0 aliphatic rings. The highest BCUT2D eigenvalue weighted by Crippen LogP contribution is 2.19.